The Morgan fingerprint density at radius 3 is 1.50 bits per heavy atom. The highest BCUT2D eigenvalue weighted by atomic mass is 16.5. The lowest BCUT2D eigenvalue weighted by Crippen LogP contribution is -2.32. The molecule has 0 saturated heterocycles. The molecule has 0 radical (unpaired) electrons. The van der Waals surface area contributed by atoms with E-state index in [1.54, 1.807) is 0 Å². The van der Waals surface area contributed by atoms with Gasteiger partial charge in [0.05, 0.1) is 17.0 Å². The third kappa shape index (κ3) is 3.77. The maximum absolute atomic E-state index is 10.00. The largest absolute Gasteiger partial charge is 0.457 e. The maximum atomic E-state index is 10.00. The molecule has 5 heteroatoms. The molecule has 214 valence electrons. The molecule has 1 spiro atoms. The summed E-state index contributed by atoms with van der Waals surface area (Å²) in [5.41, 5.74) is 9.06. The second-order valence-electron chi connectivity index (χ2n) is 11.5. The Morgan fingerprint density at radius 1 is 0.457 bits per heavy atom. The van der Waals surface area contributed by atoms with Crippen molar-refractivity contribution in [1.29, 1.82) is 5.26 Å². The highest BCUT2D eigenvalue weighted by Gasteiger charge is 2.51. The third-order valence-corrected chi connectivity index (χ3v) is 9.03. The van der Waals surface area contributed by atoms with Gasteiger partial charge in [0.15, 0.2) is 17.5 Å². The first-order chi connectivity index (χ1) is 22.7. The molecule has 0 N–H and O–H groups in total. The quantitative estimate of drug-likeness (QED) is 0.206. The van der Waals surface area contributed by atoms with Crippen LogP contribution in [0.15, 0.2) is 146 Å². The van der Waals surface area contributed by atoms with Crippen molar-refractivity contribution in [1.82, 2.24) is 15.0 Å². The van der Waals surface area contributed by atoms with Crippen molar-refractivity contribution in [3.63, 3.8) is 0 Å². The highest BCUT2D eigenvalue weighted by Crippen LogP contribution is 2.62. The van der Waals surface area contributed by atoms with Crippen molar-refractivity contribution < 1.29 is 4.74 Å². The average Bonchev–Trinajstić information content (AvgIpc) is 3.41. The monoisotopic (exact) mass is 588 g/mol. The van der Waals surface area contributed by atoms with Crippen molar-refractivity contribution >= 4 is 0 Å². The summed E-state index contributed by atoms with van der Waals surface area (Å²) in [6.07, 6.45) is 0. The van der Waals surface area contributed by atoms with Gasteiger partial charge in [-0.25, -0.2) is 15.0 Å². The summed E-state index contributed by atoms with van der Waals surface area (Å²) in [6.45, 7) is 0. The Bertz CT molecular complexity index is 2260. The number of nitriles is 1. The summed E-state index contributed by atoms with van der Waals surface area (Å²) in [6, 6.07) is 51.3. The van der Waals surface area contributed by atoms with E-state index in [0.717, 1.165) is 61.6 Å². The minimum atomic E-state index is -0.712. The van der Waals surface area contributed by atoms with Crippen molar-refractivity contribution in [3.05, 3.63) is 173 Å². The molecular weight excluding hydrogens is 564 g/mol. The second-order valence-corrected chi connectivity index (χ2v) is 11.5. The van der Waals surface area contributed by atoms with E-state index in [4.69, 9.17) is 19.7 Å². The lowest BCUT2D eigenvalue weighted by Gasteiger charge is -2.39. The molecule has 1 aliphatic heterocycles. The van der Waals surface area contributed by atoms with E-state index in [0.29, 0.717) is 23.0 Å². The van der Waals surface area contributed by atoms with Crippen LogP contribution in [0.1, 0.15) is 27.8 Å². The first-order valence-corrected chi connectivity index (χ1v) is 15.2. The van der Waals surface area contributed by atoms with Crippen molar-refractivity contribution in [2.75, 3.05) is 0 Å². The summed E-state index contributed by atoms with van der Waals surface area (Å²) in [5, 5.41) is 10.00. The van der Waals surface area contributed by atoms with Crippen LogP contribution in [0, 0.1) is 11.3 Å². The van der Waals surface area contributed by atoms with Gasteiger partial charge in [-0.2, -0.15) is 5.26 Å². The van der Waals surface area contributed by atoms with Crippen LogP contribution in [-0.2, 0) is 5.41 Å². The predicted molar refractivity (Wildman–Crippen MR) is 178 cm³/mol. The standard InChI is InChI=1S/C41H24N4O/c42-25-26-19-21-30-31-22-20-29(40-44-38(27-11-3-1-4-12-27)43-39(45-40)28-13-5-2-6-14-28)24-35(31)41(34(30)23-26)32-15-7-9-17-36(32)46-37-18-10-8-16-33(37)41/h1-24H. The Hall–Kier alpha value is -6.38. The zero-order chi connectivity index (χ0) is 30.7. The van der Waals surface area contributed by atoms with Crippen LogP contribution in [-0.4, -0.2) is 15.0 Å². The Balaban J connectivity index is 1.34. The summed E-state index contributed by atoms with van der Waals surface area (Å²) < 4.78 is 6.50. The molecule has 0 atom stereocenters. The van der Waals surface area contributed by atoms with Gasteiger partial charge in [0.2, 0.25) is 0 Å². The van der Waals surface area contributed by atoms with E-state index >= 15 is 0 Å². The normalized spacial score (nSPS) is 13.1. The Kier molecular flexibility index (Phi) is 5.71. The van der Waals surface area contributed by atoms with E-state index in [9.17, 15) is 5.26 Å². The number of nitrogens with zero attached hydrogens (tertiary/aromatic N) is 4. The van der Waals surface area contributed by atoms with Gasteiger partial charge in [0.1, 0.15) is 11.5 Å². The Labute approximate surface area is 266 Å². The van der Waals surface area contributed by atoms with Crippen molar-refractivity contribution in [2.45, 2.75) is 5.41 Å². The number of fused-ring (bicyclic) bond motifs is 9. The molecule has 0 fully saturated rings. The number of rotatable bonds is 3. The average molecular weight is 589 g/mol. The first-order valence-electron chi connectivity index (χ1n) is 15.2. The number of benzene rings is 6. The van der Waals surface area contributed by atoms with E-state index < -0.39 is 5.41 Å². The molecule has 0 bridgehead atoms. The van der Waals surface area contributed by atoms with Crippen LogP contribution in [0.25, 0.3) is 45.3 Å². The summed E-state index contributed by atoms with van der Waals surface area (Å²) >= 11 is 0. The molecule has 9 rings (SSSR count). The molecule has 2 aliphatic rings. The number of hydrogen-bond donors (Lipinski definition) is 0. The van der Waals surface area contributed by atoms with Crippen LogP contribution >= 0.6 is 0 Å². The fourth-order valence-corrected chi connectivity index (χ4v) is 7.04. The topological polar surface area (TPSA) is 71.7 Å². The highest BCUT2D eigenvalue weighted by molar-refractivity contribution is 5.90. The number of para-hydroxylation sites is 2. The van der Waals surface area contributed by atoms with Crippen LogP contribution < -0.4 is 4.74 Å². The van der Waals surface area contributed by atoms with E-state index in [-0.39, 0.29) is 0 Å². The van der Waals surface area contributed by atoms with Gasteiger partial charge >= 0.3 is 0 Å². The SMILES string of the molecule is N#Cc1ccc2c(c1)C1(c3ccccc3Oc3ccccc31)c1cc(-c3nc(-c4ccccc4)nc(-c4ccccc4)n3)ccc1-2. The smallest absolute Gasteiger partial charge is 0.164 e. The molecule has 46 heavy (non-hydrogen) atoms. The number of aromatic nitrogens is 3. The molecule has 5 nitrogen and oxygen atoms in total. The van der Waals surface area contributed by atoms with E-state index in [1.165, 1.54) is 0 Å². The fourth-order valence-electron chi connectivity index (χ4n) is 7.04. The fraction of sp³-hybridized carbons (Fsp3) is 0.0244. The van der Waals surface area contributed by atoms with E-state index in [1.807, 2.05) is 97.1 Å². The molecule has 2 heterocycles. The molecule has 1 aliphatic carbocycles. The molecule has 7 aromatic rings. The first kappa shape index (κ1) is 26.1. The lowest BCUT2D eigenvalue weighted by molar-refractivity contribution is 0.436. The molecule has 1 aromatic heterocycles. The zero-order valence-corrected chi connectivity index (χ0v) is 24.6. The molecular formula is C41H24N4O. The van der Waals surface area contributed by atoms with Crippen molar-refractivity contribution in [2.24, 2.45) is 0 Å². The van der Waals surface area contributed by atoms with Gasteiger partial charge in [-0.05, 0) is 52.6 Å². The minimum Gasteiger partial charge on any atom is -0.457 e. The van der Waals surface area contributed by atoms with Crippen LogP contribution in [0.4, 0.5) is 0 Å². The molecule has 6 aromatic carbocycles. The number of hydrogen-bond acceptors (Lipinski definition) is 5. The molecule has 0 amide bonds. The van der Waals surface area contributed by atoms with Crippen LogP contribution in [0.2, 0.25) is 0 Å². The van der Waals surface area contributed by atoms with Gasteiger partial charge in [-0.3, -0.25) is 0 Å². The predicted octanol–water partition coefficient (Wildman–Crippen LogP) is 9.21. The summed E-state index contributed by atoms with van der Waals surface area (Å²) in [7, 11) is 0. The van der Waals surface area contributed by atoms with Crippen molar-refractivity contribution in [3.8, 4) is 62.9 Å². The van der Waals surface area contributed by atoms with Gasteiger partial charge in [0, 0.05) is 27.8 Å². The number of ether oxygens (including phenoxy) is 1. The third-order valence-electron chi connectivity index (χ3n) is 9.03. The Morgan fingerprint density at radius 2 is 0.935 bits per heavy atom. The summed E-state index contributed by atoms with van der Waals surface area (Å²) in [4.78, 5) is 15.0. The van der Waals surface area contributed by atoms with Crippen LogP contribution in [0.3, 0.4) is 0 Å². The van der Waals surface area contributed by atoms with E-state index in [2.05, 4.69) is 54.6 Å². The minimum absolute atomic E-state index is 0.591. The maximum Gasteiger partial charge on any atom is 0.164 e. The van der Waals surface area contributed by atoms with Crippen LogP contribution in [0.5, 0.6) is 11.5 Å². The van der Waals surface area contributed by atoms with Gasteiger partial charge in [0.25, 0.3) is 0 Å². The molecule has 0 unspecified atom stereocenters. The van der Waals surface area contributed by atoms with Gasteiger partial charge < -0.3 is 4.74 Å². The van der Waals surface area contributed by atoms with Gasteiger partial charge in [-0.1, -0.05) is 115 Å². The second kappa shape index (κ2) is 10.1. The van der Waals surface area contributed by atoms with Gasteiger partial charge in [-0.15, -0.1) is 0 Å². The summed E-state index contributed by atoms with van der Waals surface area (Å²) in [5.74, 6) is 3.41. The lowest BCUT2D eigenvalue weighted by atomic mass is 9.66. The molecule has 0 saturated carbocycles. The zero-order valence-electron chi connectivity index (χ0n) is 24.6.